The van der Waals surface area contributed by atoms with Gasteiger partial charge in [0, 0.05) is 32.9 Å². The van der Waals surface area contributed by atoms with Crippen LogP contribution in [0, 0.1) is 0 Å². The molecule has 1 aliphatic carbocycles. The van der Waals surface area contributed by atoms with Crippen molar-refractivity contribution in [3.8, 4) is 0 Å². The number of hydrogen-bond donors (Lipinski definition) is 1. The zero-order valence-electron chi connectivity index (χ0n) is 10.6. The van der Waals surface area contributed by atoms with Gasteiger partial charge in [0.05, 0.1) is 6.61 Å². The van der Waals surface area contributed by atoms with Crippen LogP contribution in [-0.4, -0.2) is 29.0 Å². The number of aliphatic hydroxyl groups is 1. The van der Waals surface area contributed by atoms with Crippen LogP contribution in [0.2, 0.25) is 0 Å². The van der Waals surface area contributed by atoms with Crippen LogP contribution in [0.4, 0.5) is 0 Å². The molecule has 0 aromatic heterocycles. The van der Waals surface area contributed by atoms with Gasteiger partial charge in [0.15, 0.2) is 11.6 Å². The van der Waals surface area contributed by atoms with E-state index in [-0.39, 0.29) is 18.2 Å². The van der Waals surface area contributed by atoms with Gasteiger partial charge in [-0.05, 0) is 18.2 Å². The van der Waals surface area contributed by atoms with Gasteiger partial charge in [0.25, 0.3) is 0 Å². The minimum absolute atomic E-state index is 0.0808. The molecule has 1 aliphatic rings. The van der Waals surface area contributed by atoms with Gasteiger partial charge in [0.1, 0.15) is 0 Å². The summed E-state index contributed by atoms with van der Waals surface area (Å²) in [6.07, 6.45) is 0. The lowest BCUT2D eigenvalue weighted by molar-refractivity contribution is 0.0979. The maximum absolute atomic E-state index is 12.5. The number of fused-ring (bicyclic) bond motifs is 2. The van der Waals surface area contributed by atoms with Crippen LogP contribution in [0.15, 0.2) is 47.4 Å². The van der Waals surface area contributed by atoms with Crippen molar-refractivity contribution < 1.29 is 14.7 Å². The van der Waals surface area contributed by atoms with E-state index in [1.54, 1.807) is 36.4 Å². The first-order valence-electron chi connectivity index (χ1n) is 6.28. The summed E-state index contributed by atoms with van der Waals surface area (Å²) in [7, 11) is 0. The number of aliphatic hydroxyl groups excluding tert-OH is 1. The molecule has 0 spiro atoms. The maximum Gasteiger partial charge on any atom is 0.194 e. The second-order valence-corrected chi connectivity index (χ2v) is 5.65. The summed E-state index contributed by atoms with van der Waals surface area (Å²) < 4.78 is 0. The smallest absolute Gasteiger partial charge is 0.194 e. The fourth-order valence-corrected chi connectivity index (χ4v) is 3.02. The normalized spacial score (nSPS) is 13.1. The minimum Gasteiger partial charge on any atom is -0.396 e. The first-order chi connectivity index (χ1) is 9.72. The van der Waals surface area contributed by atoms with Crippen LogP contribution < -0.4 is 0 Å². The number of ketones is 2. The van der Waals surface area contributed by atoms with E-state index < -0.39 is 0 Å². The Hall–Kier alpha value is -1.91. The topological polar surface area (TPSA) is 54.4 Å². The molecule has 3 rings (SSSR count). The van der Waals surface area contributed by atoms with Gasteiger partial charge in [-0.3, -0.25) is 9.59 Å². The molecule has 0 aliphatic heterocycles. The second-order valence-electron chi connectivity index (χ2n) is 4.48. The summed E-state index contributed by atoms with van der Waals surface area (Å²) in [6.45, 7) is 0.0808. The molecule has 0 radical (unpaired) electrons. The second kappa shape index (κ2) is 5.23. The monoisotopic (exact) mass is 284 g/mol. The van der Waals surface area contributed by atoms with E-state index in [1.807, 2.05) is 6.07 Å². The van der Waals surface area contributed by atoms with E-state index in [2.05, 4.69) is 0 Å². The van der Waals surface area contributed by atoms with Crippen molar-refractivity contribution >= 4 is 23.3 Å². The van der Waals surface area contributed by atoms with Gasteiger partial charge in [-0.25, -0.2) is 0 Å². The predicted octanol–water partition coefficient (Wildman–Crippen LogP) is 2.55. The fraction of sp³-hybridized carbons (Fsp3) is 0.125. The third kappa shape index (κ3) is 2.07. The Bertz CT molecular complexity index is 707. The average Bonchev–Trinajstić information content (AvgIpc) is 2.50. The van der Waals surface area contributed by atoms with Crippen LogP contribution in [0.5, 0.6) is 0 Å². The van der Waals surface area contributed by atoms with Crippen LogP contribution in [0.3, 0.4) is 0 Å². The van der Waals surface area contributed by atoms with Gasteiger partial charge in [-0.1, -0.05) is 24.3 Å². The molecule has 20 heavy (non-hydrogen) atoms. The Labute approximate surface area is 120 Å². The van der Waals surface area contributed by atoms with Crippen LogP contribution in [-0.2, 0) is 0 Å². The van der Waals surface area contributed by atoms with E-state index in [1.165, 1.54) is 11.8 Å². The highest BCUT2D eigenvalue weighted by atomic mass is 32.2. The van der Waals surface area contributed by atoms with Gasteiger partial charge in [0.2, 0.25) is 0 Å². The quantitative estimate of drug-likeness (QED) is 0.751. The molecule has 1 N–H and O–H groups in total. The Morgan fingerprint density at radius 2 is 1.45 bits per heavy atom. The third-order valence-electron chi connectivity index (χ3n) is 3.26. The van der Waals surface area contributed by atoms with Crippen molar-refractivity contribution in [2.75, 3.05) is 12.4 Å². The lowest BCUT2D eigenvalue weighted by atomic mass is 9.84. The molecule has 0 heterocycles. The molecule has 0 amide bonds. The van der Waals surface area contributed by atoms with Gasteiger partial charge in [-0.2, -0.15) is 0 Å². The summed E-state index contributed by atoms with van der Waals surface area (Å²) in [5.74, 6) is 0.355. The number of thioether (sulfide) groups is 1. The molecule has 0 atom stereocenters. The lowest BCUT2D eigenvalue weighted by Gasteiger charge is -2.17. The van der Waals surface area contributed by atoms with Crippen molar-refractivity contribution in [1.82, 2.24) is 0 Å². The zero-order valence-corrected chi connectivity index (χ0v) is 11.4. The Morgan fingerprint density at radius 3 is 2.10 bits per heavy atom. The van der Waals surface area contributed by atoms with E-state index in [0.717, 1.165) is 4.90 Å². The molecule has 100 valence electrons. The van der Waals surface area contributed by atoms with Crippen LogP contribution >= 0.6 is 11.8 Å². The molecule has 0 unspecified atom stereocenters. The highest BCUT2D eigenvalue weighted by Crippen LogP contribution is 2.30. The molecular formula is C16H12O3S. The van der Waals surface area contributed by atoms with Crippen molar-refractivity contribution in [3.63, 3.8) is 0 Å². The fourth-order valence-electron chi connectivity index (χ4n) is 2.33. The Kier molecular flexibility index (Phi) is 3.42. The molecular weight excluding hydrogens is 272 g/mol. The van der Waals surface area contributed by atoms with E-state index >= 15 is 0 Å². The maximum atomic E-state index is 12.5. The van der Waals surface area contributed by atoms with Gasteiger partial charge in [-0.15, -0.1) is 11.8 Å². The predicted molar refractivity (Wildman–Crippen MR) is 77.6 cm³/mol. The van der Waals surface area contributed by atoms with E-state index in [4.69, 9.17) is 5.11 Å². The molecule has 0 saturated carbocycles. The summed E-state index contributed by atoms with van der Waals surface area (Å²) in [6, 6.07) is 12.2. The molecule has 0 fully saturated rings. The van der Waals surface area contributed by atoms with Crippen molar-refractivity contribution in [3.05, 3.63) is 64.7 Å². The minimum atomic E-state index is -0.110. The van der Waals surface area contributed by atoms with E-state index in [9.17, 15) is 9.59 Å². The summed E-state index contributed by atoms with van der Waals surface area (Å²) in [5.41, 5.74) is 1.86. The molecule has 2 aromatic rings. The largest absolute Gasteiger partial charge is 0.396 e. The standard InChI is InChI=1S/C16H12O3S/c17-7-8-20-10-5-6-13-14(9-10)16(19)12-4-2-1-3-11(12)15(13)18/h1-6,9,17H,7-8H2. The third-order valence-corrected chi connectivity index (χ3v) is 4.23. The summed E-state index contributed by atoms with van der Waals surface area (Å²) in [4.78, 5) is 25.7. The first-order valence-corrected chi connectivity index (χ1v) is 7.27. The SMILES string of the molecule is O=C1c2ccccc2C(=O)c2cc(SCCO)ccc21. The first kappa shape index (κ1) is 13.1. The molecule has 3 nitrogen and oxygen atoms in total. The van der Waals surface area contributed by atoms with Crippen LogP contribution in [0.25, 0.3) is 0 Å². The highest BCUT2D eigenvalue weighted by molar-refractivity contribution is 7.99. The van der Waals surface area contributed by atoms with Gasteiger partial charge >= 0.3 is 0 Å². The number of benzene rings is 2. The Balaban J connectivity index is 2.09. The number of hydrogen-bond acceptors (Lipinski definition) is 4. The highest BCUT2D eigenvalue weighted by Gasteiger charge is 2.29. The van der Waals surface area contributed by atoms with Crippen molar-refractivity contribution in [1.29, 1.82) is 0 Å². The molecule has 0 bridgehead atoms. The van der Waals surface area contributed by atoms with Crippen molar-refractivity contribution in [2.45, 2.75) is 4.90 Å². The number of carbonyl (C=O) groups excluding carboxylic acids is 2. The molecule has 0 saturated heterocycles. The average molecular weight is 284 g/mol. The van der Waals surface area contributed by atoms with Crippen molar-refractivity contribution in [2.24, 2.45) is 0 Å². The number of rotatable bonds is 3. The van der Waals surface area contributed by atoms with E-state index in [0.29, 0.717) is 28.0 Å². The zero-order chi connectivity index (χ0) is 14.1. The van der Waals surface area contributed by atoms with Gasteiger partial charge < -0.3 is 5.11 Å². The summed E-state index contributed by atoms with van der Waals surface area (Å²) >= 11 is 1.46. The summed E-state index contributed by atoms with van der Waals surface area (Å²) in [5, 5.41) is 8.85. The lowest BCUT2D eigenvalue weighted by Crippen LogP contribution is -2.20. The molecule has 2 aromatic carbocycles. The van der Waals surface area contributed by atoms with Crippen LogP contribution in [0.1, 0.15) is 31.8 Å². The Morgan fingerprint density at radius 1 is 0.850 bits per heavy atom. The molecule has 4 heteroatoms. The number of carbonyl (C=O) groups is 2.